The van der Waals surface area contributed by atoms with Gasteiger partial charge in [0.2, 0.25) is 5.78 Å². The Morgan fingerprint density at radius 3 is 2.43 bits per heavy atom. The number of methoxy groups -OCH3 is 1. The van der Waals surface area contributed by atoms with Gasteiger partial charge in [0, 0.05) is 10.9 Å². The van der Waals surface area contributed by atoms with E-state index < -0.39 is 5.91 Å². The van der Waals surface area contributed by atoms with Crippen molar-refractivity contribution in [3.8, 4) is 11.5 Å². The molecular formula is C24H19NO5. The van der Waals surface area contributed by atoms with E-state index in [1.807, 2.05) is 24.3 Å². The number of fused-ring (bicyclic) bond motifs is 1. The van der Waals surface area contributed by atoms with Crippen molar-refractivity contribution in [1.29, 1.82) is 0 Å². The molecule has 0 bridgehead atoms. The van der Waals surface area contributed by atoms with E-state index in [0.717, 1.165) is 0 Å². The average molecular weight is 401 g/mol. The second-order valence-electron chi connectivity index (χ2n) is 6.51. The number of rotatable bonds is 7. The van der Waals surface area contributed by atoms with Crippen LogP contribution in [-0.4, -0.2) is 25.4 Å². The van der Waals surface area contributed by atoms with Crippen LogP contribution in [0.15, 0.2) is 83.3 Å². The molecule has 0 saturated carbocycles. The van der Waals surface area contributed by atoms with Crippen LogP contribution >= 0.6 is 0 Å². The summed E-state index contributed by atoms with van der Waals surface area (Å²) in [6, 6.07) is 22.9. The van der Waals surface area contributed by atoms with E-state index in [-0.39, 0.29) is 18.2 Å². The zero-order valence-corrected chi connectivity index (χ0v) is 16.3. The normalized spacial score (nSPS) is 10.6. The highest BCUT2D eigenvalue weighted by Gasteiger charge is 2.23. The van der Waals surface area contributed by atoms with E-state index in [2.05, 4.69) is 5.32 Å². The molecule has 1 heterocycles. The topological polar surface area (TPSA) is 77.8 Å². The van der Waals surface area contributed by atoms with Crippen LogP contribution < -0.4 is 14.8 Å². The van der Waals surface area contributed by atoms with Crippen LogP contribution in [0.25, 0.3) is 11.0 Å². The quantitative estimate of drug-likeness (QED) is 0.455. The molecule has 0 aliphatic rings. The van der Waals surface area contributed by atoms with Gasteiger partial charge in [-0.1, -0.05) is 42.5 Å². The van der Waals surface area contributed by atoms with Crippen molar-refractivity contribution in [2.24, 2.45) is 0 Å². The highest BCUT2D eigenvalue weighted by molar-refractivity contribution is 6.17. The van der Waals surface area contributed by atoms with Crippen LogP contribution in [0.4, 0.5) is 5.69 Å². The van der Waals surface area contributed by atoms with Gasteiger partial charge in [-0.05, 0) is 36.4 Å². The summed E-state index contributed by atoms with van der Waals surface area (Å²) in [7, 11) is 1.53. The lowest BCUT2D eigenvalue weighted by atomic mass is 10.1. The molecule has 0 saturated heterocycles. The second kappa shape index (κ2) is 8.53. The minimum atomic E-state index is -0.398. The van der Waals surface area contributed by atoms with Gasteiger partial charge in [-0.25, -0.2) is 0 Å². The highest BCUT2D eigenvalue weighted by atomic mass is 16.5. The molecule has 0 atom stereocenters. The van der Waals surface area contributed by atoms with Crippen molar-refractivity contribution in [3.63, 3.8) is 0 Å². The van der Waals surface area contributed by atoms with Crippen LogP contribution in [0, 0.1) is 0 Å². The van der Waals surface area contributed by atoms with E-state index in [4.69, 9.17) is 13.9 Å². The number of para-hydroxylation sites is 2. The smallest absolute Gasteiger partial charge is 0.262 e. The van der Waals surface area contributed by atoms with Gasteiger partial charge in [0.25, 0.3) is 5.91 Å². The SMILES string of the molecule is COc1cccc(C(=O)c2oc3ccccc3c2NC(=O)COc2ccccc2)c1. The molecule has 4 aromatic rings. The first-order valence-electron chi connectivity index (χ1n) is 9.33. The predicted molar refractivity (Wildman–Crippen MR) is 113 cm³/mol. The lowest BCUT2D eigenvalue weighted by molar-refractivity contribution is -0.118. The Labute approximate surface area is 173 Å². The maximum absolute atomic E-state index is 13.1. The van der Waals surface area contributed by atoms with Gasteiger partial charge in [-0.15, -0.1) is 0 Å². The lowest BCUT2D eigenvalue weighted by Crippen LogP contribution is -2.21. The first kappa shape index (κ1) is 19.3. The molecule has 6 heteroatoms. The second-order valence-corrected chi connectivity index (χ2v) is 6.51. The minimum absolute atomic E-state index is 0.0533. The Balaban J connectivity index is 1.63. The molecular weight excluding hydrogens is 382 g/mol. The summed E-state index contributed by atoms with van der Waals surface area (Å²) in [5.74, 6) is 0.434. The van der Waals surface area contributed by atoms with E-state index in [9.17, 15) is 9.59 Å². The van der Waals surface area contributed by atoms with E-state index in [1.54, 1.807) is 54.6 Å². The fourth-order valence-electron chi connectivity index (χ4n) is 3.07. The molecule has 4 rings (SSSR count). The molecule has 0 radical (unpaired) electrons. The summed E-state index contributed by atoms with van der Waals surface area (Å²) < 4.78 is 16.5. The molecule has 30 heavy (non-hydrogen) atoms. The van der Waals surface area contributed by atoms with Gasteiger partial charge < -0.3 is 19.2 Å². The Hall–Kier alpha value is -4.06. The first-order valence-corrected chi connectivity index (χ1v) is 9.33. The van der Waals surface area contributed by atoms with Crippen molar-refractivity contribution < 1.29 is 23.5 Å². The van der Waals surface area contributed by atoms with Gasteiger partial charge in [-0.3, -0.25) is 9.59 Å². The molecule has 0 fully saturated rings. The third-order valence-corrected chi connectivity index (χ3v) is 4.51. The largest absolute Gasteiger partial charge is 0.497 e. The monoisotopic (exact) mass is 401 g/mol. The number of benzene rings is 3. The minimum Gasteiger partial charge on any atom is -0.497 e. The summed E-state index contributed by atoms with van der Waals surface area (Å²) in [5.41, 5.74) is 1.22. The number of amides is 1. The number of carbonyl (C=O) groups excluding carboxylic acids is 2. The van der Waals surface area contributed by atoms with Crippen LogP contribution in [0.3, 0.4) is 0 Å². The molecule has 0 spiro atoms. The number of furan rings is 1. The van der Waals surface area contributed by atoms with Crippen LogP contribution in [0.2, 0.25) is 0 Å². The van der Waals surface area contributed by atoms with E-state index >= 15 is 0 Å². The lowest BCUT2D eigenvalue weighted by Gasteiger charge is -2.08. The maximum atomic E-state index is 13.1. The molecule has 1 amide bonds. The number of carbonyl (C=O) groups is 2. The molecule has 1 N–H and O–H groups in total. The van der Waals surface area contributed by atoms with E-state index in [0.29, 0.717) is 33.7 Å². The summed E-state index contributed by atoms with van der Waals surface area (Å²) in [6.07, 6.45) is 0. The standard InChI is InChI=1S/C24H19NO5/c1-28-18-11-7-8-16(14-18)23(27)24-22(19-12-5-6-13-20(19)30-24)25-21(26)15-29-17-9-3-2-4-10-17/h2-14H,15H2,1H3,(H,25,26). The van der Waals surface area contributed by atoms with Crippen molar-refractivity contribution in [1.82, 2.24) is 0 Å². The Bertz CT molecular complexity index is 1200. The molecule has 150 valence electrons. The van der Waals surface area contributed by atoms with Crippen molar-refractivity contribution in [3.05, 3.63) is 90.2 Å². The number of nitrogens with one attached hydrogen (secondary N) is 1. The molecule has 1 aromatic heterocycles. The summed E-state index contributed by atoms with van der Waals surface area (Å²) in [4.78, 5) is 25.7. The number of hydrogen-bond acceptors (Lipinski definition) is 5. The van der Waals surface area contributed by atoms with Gasteiger partial charge in [0.05, 0.1) is 12.8 Å². The van der Waals surface area contributed by atoms with E-state index in [1.165, 1.54) is 7.11 Å². The van der Waals surface area contributed by atoms with Gasteiger partial charge in [0.15, 0.2) is 12.4 Å². The summed E-state index contributed by atoms with van der Waals surface area (Å²) >= 11 is 0. The number of ether oxygens (including phenoxy) is 2. The Kier molecular flexibility index (Phi) is 5.48. The van der Waals surface area contributed by atoms with Crippen molar-refractivity contribution in [2.45, 2.75) is 0 Å². The Morgan fingerprint density at radius 2 is 1.63 bits per heavy atom. The highest BCUT2D eigenvalue weighted by Crippen LogP contribution is 2.33. The number of ketones is 1. The van der Waals surface area contributed by atoms with Gasteiger partial charge >= 0.3 is 0 Å². The van der Waals surface area contributed by atoms with Crippen LogP contribution in [-0.2, 0) is 4.79 Å². The zero-order valence-electron chi connectivity index (χ0n) is 16.3. The third-order valence-electron chi connectivity index (χ3n) is 4.51. The first-order chi connectivity index (χ1) is 14.7. The third kappa shape index (κ3) is 4.03. The van der Waals surface area contributed by atoms with Crippen molar-refractivity contribution in [2.75, 3.05) is 19.0 Å². The molecule has 0 aliphatic carbocycles. The molecule has 6 nitrogen and oxygen atoms in total. The van der Waals surface area contributed by atoms with Gasteiger partial charge in [-0.2, -0.15) is 0 Å². The summed E-state index contributed by atoms with van der Waals surface area (Å²) in [6.45, 7) is -0.198. The number of hydrogen-bond donors (Lipinski definition) is 1. The predicted octanol–water partition coefficient (Wildman–Crippen LogP) is 4.69. The fraction of sp³-hybridized carbons (Fsp3) is 0.0833. The maximum Gasteiger partial charge on any atom is 0.262 e. The average Bonchev–Trinajstić information content (AvgIpc) is 3.16. The molecule has 0 aliphatic heterocycles. The van der Waals surface area contributed by atoms with Crippen LogP contribution in [0.5, 0.6) is 11.5 Å². The van der Waals surface area contributed by atoms with Crippen molar-refractivity contribution >= 4 is 28.3 Å². The fourth-order valence-corrected chi connectivity index (χ4v) is 3.07. The Morgan fingerprint density at radius 1 is 0.900 bits per heavy atom. The number of anilines is 1. The molecule has 0 unspecified atom stereocenters. The zero-order chi connectivity index (χ0) is 20.9. The van der Waals surface area contributed by atoms with Gasteiger partial charge in [0.1, 0.15) is 17.1 Å². The summed E-state index contributed by atoms with van der Waals surface area (Å²) in [5, 5.41) is 3.41. The van der Waals surface area contributed by atoms with Crippen LogP contribution in [0.1, 0.15) is 16.1 Å². The molecule has 3 aromatic carbocycles.